The van der Waals surface area contributed by atoms with Crippen molar-refractivity contribution in [2.24, 2.45) is 5.92 Å². The lowest BCUT2D eigenvalue weighted by Gasteiger charge is -2.36. The molecule has 2 atom stereocenters. The monoisotopic (exact) mass is 260 g/mol. The average molecular weight is 260 g/mol. The van der Waals surface area contributed by atoms with E-state index in [1.165, 1.54) is 12.8 Å². The van der Waals surface area contributed by atoms with Gasteiger partial charge < -0.3 is 5.73 Å². The van der Waals surface area contributed by atoms with Gasteiger partial charge in [0.2, 0.25) is 0 Å². The minimum atomic E-state index is 0.0198. The van der Waals surface area contributed by atoms with Gasteiger partial charge in [0.15, 0.2) is 5.78 Å². The van der Waals surface area contributed by atoms with Crippen molar-refractivity contribution < 1.29 is 4.79 Å². The molecule has 1 aliphatic rings. The third-order valence-corrected chi connectivity index (χ3v) is 4.01. The predicted molar refractivity (Wildman–Crippen MR) is 79.2 cm³/mol. The molecule has 1 aromatic carbocycles. The van der Waals surface area contributed by atoms with Crippen molar-refractivity contribution in [3.05, 3.63) is 29.8 Å². The summed E-state index contributed by atoms with van der Waals surface area (Å²) >= 11 is 0. The number of Topliss-reactive ketones (excluding diaryl/α,β-unsaturated/α-hetero) is 1. The quantitative estimate of drug-likeness (QED) is 0.668. The van der Waals surface area contributed by atoms with Gasteiger partial charge in [0.1, 0.15) is 0 Å². The fourth-order valence-corrected chi connectivity index (χ4v) is 2.96. The van der Waals surface area contributed by atoms with Crippen molar-refractivity contribution in [1.82, 2.24) is 4.90 Å². The molecule has 0 spiro atoms. The van der Waals surface area contributed by atoms with Crippen LogP contribution in [-0.4, -0.2) is 29.8 Å². The molecule has 0 radical (unpaired) electrons. The molecule has 1 aromatic rings. The molecule has 0 aliphatic carbocycles. The molecule has 104 valence electrons. The van der Waals surface area contributed by atoms with Crippen LogP contribution in [0.4, 0.5) is 5.69 Å². The Kier molecular flexibility index (Phi) is 4.59. The number of nitrogen functional groups attached to an aromatic ring is 1. The smallest absolute Gasteiger partial charge is 0.179 e. The van der Waals surface area contributed by atoms with Gasteiger partial charge in [-0.25, -0.2) is 0 Å². The van der Waals surface area contributed by atoms with Gasteiger partial charge in [-0.2, -0.15) is 0 Å². The Morgan fingerprint density at radius 1 is 1.42 bits per heavy atom. The van der Waals surface area contributed by atoms with Crippen LogP contribution in [0.5, 0.6) is 0 Å². The van der Waals surface area contributed by atoms with Crippen LogP contribution in [0.25, 0.3) is 0 Å². The van der Waals surface area contributed by atoms with Gasteiger partial charge in [0, 0.05) is 17.8 Å². The van der Waals surface area contributed by atoms with E-state index < -0.39 is 0 Å². The largest absolute Gasteiger partial charge is 0.399 e. The molecule has 3 nitrogen and oxygen atoms in total. The van der Waals surface area contributed by atoms with Crippen LogP contribution < -0.4 is 5.73 Å². The van der Waals surface area contributed by atoms with Crippen molar-refractivity contribution in [3.63, 3.8) is 0 Å². The van der Waals surface area contributed by atoms with Crippen LogP contribution in [-0.2, 0) is 0 Å². The highest BCUT2D eigenvalue weighted by Crippen LogP contribution is 2.21. The maximum Gasteiger partial charge on any atom is 0.179 e. The van der Waals surface area contributed by atoms with E-state index in [0.29, 0.717) is 11.6 Å². The Balaban J connectivity index is 2.12. The van der Waals surface area contributed by atoms with Gasteiger partial charge in [-0.3, -0.25) is 9.69 Å². The summed E-state index contributed by atoms with van der Waals surface area (Å²) in [6.07, 6.45) is 3.35. The Hall–Kier alpha value is -1.35. The minimum Gasteiger partial charge on any atom is -0.399 e. The fourth-order valence-electron chi connectivity index (χ4n) is 2.96. The molecule has 0 amide bonds. The predicted octanol–water partition coefficient (Wildman–Crippen LogP) is 2.96. The second kappa shape index (κ2) is 6.20. The van der Waals surface area contributed by atoms with E-state index in [1.807, 2.05) is 12.1 Å². The zero-order valence-corrected chi connectivity index (χ0v) is 11.9. The number of likely N-dealkylation sites (tertiary alicyclic amines) is 1. The molecular formula is C16H24N2O. The first-order valence-corrected chi connectivity index (χ1v) is 7.25. The summed E-state index contributed by atoms with van der Waals surface area (Å²) in [6.45, 7) is 6.45. The van der Waals surface area contributed by atoms with E-state index >= 15 is 0 Å². The lowest BCUT2D eigenvalue weighted by molar-refractivity contribution is 0.0727. The number of nitrogens with two attached hydrogens (primary N) is 1. The van der Waals surface area contributed by atoms with E-state index in [1.54, 1.807) is 12.1 Å². The van der Waals surface area contributed by atoms with Gasteiger partial charge in [-0.15, -0.1) is 0 Å². The number of hydrogen-bond donors (Lipinski definition) is 1. The Labute approximate surface area is 115 Å². The van der Waals surface area contributed by atoms with E-state index in [-0.39, 0.29) is 11.8 Å². The number of piperidine rings is 1. The number of hydrogen-bond acceptors (Lipinski definition) is 3. The highest BCUT2D eigenvalue weighted by molar-refractivity contribution is 6.00. The van der Waals surface area contributed by atoms with Gasteiger partial charge >= 0.3 is 0 Å². The van der Waals surface area contributed by atoms with Crippen LogP contribution in [0, 0.1) is 5.92 Å². The zero-order chi connectivity index (χ0) is 13.8. The number of anilines is 1. The molecule has 0 aromatic heterocycles. The molecule has 2 N–H and O–H groups in total. The molecular weight excluding hydrogens is 236 g/mol. The lowest BCUT2D eigenvalue weighted by atomic mass is 9.94. The van der Waals surface area contributed by atoms with Crippen LogP contribution in [0.1, 0.15) is 43.5 Å². The maximum atomic E-state index is 12.6. The first kappa shape index (κ1) is 14.1. The molecule has 1 saturated heterocycles. The van der Waals surface area contributed by atoms with E-state index in [0.717, 1.165) is 25.1 Å². The highest BCUT2D eigenvalue weighted by atomic mass is 16.1. The average Bonchev–Trinajstić information content (AvgIpc) is 2.40. The normalized spacial score (nSPS) is 22.1. The lowest BCUT2D eigenvalue weighted by Crippen LogP contribution is -2.46. The van der Waals surface area contributed by atoms with Crippen molar-refractivity contribution in [2.45, 2.75) is 39.2 Å². The first-order valence-electron chi connectivity index (χ1n) is 7.25. The van der Waals surface area contributed by atoms with Crippen molar-refractivity contribution in [3.8, 4) is 0 Å². The summed E-state index contributed by atoms with van der Waals surface area (Å²) in [5, 5.41) is 0. The Bertz CT molecular complexity index is 427. The van der Waals surface area contributed by atoms with Gasteiger partial charge in [-0.1, -0.05) is 13.8 Å². The second-order valence-electron chi connectivity index (χ2n) is 5.65. The van der Waals surface area contributed by atoms with Crippen LogP contribution in [0.3, 0.4) is 0 Å². The van der Waals surface area contributed by atoms with E-state index in [2.05, 4.69) is 18.7 Å². The summed E-state index contributed by atoms with van der Waals surface area (Å²) in [6, 6.07) is 7.31. The van der Waals surface area contributed by atoms with Crippen molar-refractivity contribution in [1.29, 1.82) is 0 Å². The SMILES string of the molecule is CCC(C(=O)c1ccc(N)cc1)N1CCCC(C)C1. The summed E-state index contributed by atoms with van der Waals surface area (Å²) in [5.41, 5.74) is 7.16. The number of benzene rings is 1. The maximum absolute atomic E-state index is 12.6. The second-order valence-corrected chi connectivity index (χ2v) is 5.65. The standard InChI is InChI=1S/C16H24N2O/c1-3-15(18-10-4-5-12(2)11-18)16(19)13-6-8-14(17)9-7-13/h6-9,12,15H,3-5,10-11,17H2,1-2H3. The van der Waals surface area contributed by atoms with Gasteiger partial charge in [-0.05, 0) is 56.0 Å². The third-order valence-electron chi connectivity index (χ3n) is 4.01. The van der Waals surface area contributed by atoms with Crippen LogP contribution in [0.2, 0.25) is 0 Å². The fraction of sp³-hybridized carbons (Fsp3) is 0.562. The Morgan fingerprint density at radius 3 is 2.68 bits per heavy atom. The molecule has 2 unspecified atom stereocenters. The number of rotatable bonds is 4. The molecule has 2 rings (SSSR count). The molecule has 1 aliphatic heterocycles. The molecule has 3 heteroatoms. The highest BCUT2D eigenvalue weighted by Gasteiger charge is 2.28. The van der Waals surface area contributed by atoms with Crippen molar-refractivity contribution >= 4 is 11.5 Å². The molecule has 1 fully saturated rings. The topological polar surface area (TPSA) is 46.3 Å². The minimum absolute atomic E-state index is 0.0198. The number of ketones is 1. The Morgan fingerprint density at radius 2 is 2.11 bits per heavy atom. The zero-order valence-electron chi connectivity index (χ0n) is 11.9. The first-order chi connectivity index (χ1) is 9.11. The number of carbonyl (C=O) groups is 1. The number of nitrogens with zero attached hydrogens (tertiary/aromatic N) is 1. The summed E-state index contributed by atoms with van der Waals surface area (Å²) in [4.78, 5) is 15.0. The van der Waals surface area contributed by atoms with Gasteiger partial charge in [0.25, 0.3) is 0 Å². The van der Waals surface area contributed by atoms with Crippen molar-refractivity contribution in [2.75, 3.05) is 18.8 Å². The van der Waals surface area contributed by atoms with E-state index in [9.17, 15) is 4.79 Å². The van der Waals surface area contributed by atoms with Gasteiger partial charge in [0.05, 0.1) is 6.04 Å². The van der Waals surface area contributed by atoms with E-state index in [4.69, 9.17) is 5.73 Å². The summed E-state index contributed by atoms with van der Waals surface area (Å²) in [7, 11) is 0. The third kappa shape index (κ3) is 3.35. The molecule has 1 heterocycles. The molecule has 19 heavy (non-hydrogen) atoms. The summed E-state index contributed by atoms with van der Waals surface area (Å²) < 4.78 is 0. The molecule has 0 bridgehead atoms. The molecule has 0 saturated carbocycles. The van der Waals surface area contributed by atoms with Crippen LogP contribution in [0.15, 0.2) is 24.3 Å². The summed E-state index contributed by atoms with van der Waals surface area (Å²) in [5.74, 6) is 0.929. The number of carbonyl (C=O) groups excluding carboxylic acids is 1. The van der Waals surface area contributed by atoms with Crippen LogP contribution >= 0.6 is 0 Å².